The molecule has 2 atom stereocenters. The minimum absolute atomic E-state index is 0.184. The summed E-state index contributed by atoms with van der Waals surface area (Å²) < 4.78 is -0.564. The summed E-state index contributed by atoms with van der Waals surface area (Å²) >= 11 is 54.2. The number of allylic oxidation sites excluding steroid dienone is 4. The molecule has 0 radical (unpaired) electrons. The quantitative estimate of drug-likeness (QED) is 0.258. The van der Waals surface area contributed by atoms with Crippen molar-refractivity contribution in [2.45, 2.75) is 22.1 Å². The van der Waals surface area contributed by atoms with Gasteiger partial charge in [-0.3, -0.25) is 0 Å². The zero-order chi connectivity index (χ0) is 23.5. The number of benzene rings is 1. The van der Waals surface area contributed by atoms with Crippen molar-refractivity contribution in [2.75, 3.05) is 0 Å². The van der Waals surface area contributed by atoms with Gasteiger partial charge in [0.25, 0.3) is 0 Å². The SMILES string of the molecule is BrC1=C(Br)C(Br)C(Br)(C(Br)(Br)C(Br)(Br)C(Br)(Br)C(Br)(Br)c2ccccc2)C(Br)=C1Br. The summed E-state index contributed by atoms with van der Waals surface area (Å²) in [5.41, 5.74) is 1.00. The number of halogens is 14. The van der Waals surface area contributed by atoms with Gasteiger partial charge in [0.15, 0.2) is 0 Å². The fourth-order valence-corrected chi connectivity index (χ4v) is 16.6. The topological polar surface area (TPSA) is 0 Å². The Morgan fingerprint density at radius 3 is 1.63 bits per heavy atom. The van der Waals surface area contributed by atoms with Crippen molar-refractivity contribution in [3.63, 3.8) is 0 Å². The molecule has 0 saturated carbocycles. The van der Waals surface area contributed by atoms with E-state index in [-0.39, 0.29) is 4.83 Å². The highest BCUT2D eigenvalue weighted by Crippen LogP contribution is 2.75. The molecule has 2 unspecified atom stereocenters. The monoisotopic (exact) mass is 1300 g/mol. The maximum atomic E-state index is 4.02. The number of rotatable bonds is 5. The van der Waals surface area contributed by atoms with Crippen LogP contribution >= 0.6 is 223 Å². The highest BCUT2D eigenvalue weighted by molar-refractivity contribution is 9.34. The second-order valence-corrected chi connectivity index (χ2v) is 25.2. The molecular formula is C16H6Br14. The molecule has 0 nitrogen and oxygen atoms in total. The molecule has 14 heteroatoms. The van der Waals surface area contributed by atoms with E-state index in [1.807, 2.05) is 30.3 Å². The third kappa shape index (κ3) is 5.05. The normalized spacial score (nSPS) is 24.5. The van der Waals surface area contributed by atoms with E-state index >= 15 is 0 Å². The lowest BCUT2D eigenvalue weighted by atomic mass is 9.92. The van der Waals surface area contributed by atoms with Gasteiger partial charge in [-0.15, -0.1) is 0 Å². The molecule has 0 aromatic heterocycles. The molecule has 2 rings (SSSR count). The highest BCUT2D eigenvalue weighted by atomic mass is 79.9. The van der Waals surface area contributed by atoms with Crippen LogP contribution in [0.15, 0.2) is 48.3 Å². The van der Waals surface area contributed by atoms with Crippen LogP contribution in [0.1, 0.15) is 5.56 Å². The van der Waals surface area contributed by atoms with Crippen LogP contribution in [0.3, 0.4) is 0 Å². The predicted octanol–water partition coefficient (Wildman–Crippen LogP) is 13.0. The first-order valence-electron chi connectivity index (χ1n) is 7.41. The second-order valence-electron chi connectivity index (χ2n) is 6.03. The first-order valence-corrected chi connectivity index (χ1v) is 18.6. The average Bonchev–Trinajstić information content (AvgIpc) is 2.69. The maximum absolute atomic E-state index is 4.02. The largest absolute Gasteiger partial charge is 0.137 e. The van der Waals surface area contributed by atoms with Crippen LogP contribution in [0.25, 0.3) is 0 Å². The molecule has 1 aliphatic carbocycles. The number of hydrogen-bond donors (Lipinski definition) is 0. The molecule has 0 saturated heterocycles. The molecule has 168 valence electrons. The number of alkyl halides is 10. The first kappa shape index (κ1) is 31.6. The van der Waals surface area contributed by atoms with Gasteiger partial charge >= 0.3 is 0 Å². The smallest absolute Gasteiger partial charge is 0.0812 e. The standard InChI is InChI=1S/C16H6Br14/c17-7-8(18)10(20)12(22,11(21)9(7)19)14(25,26)16(29,30)15(27,28)13(23,24)6-4-2-1-3-5-6/h1-5,10H. The number of hydrogen-bond acceptors (Lipinski definition) is 0. The van der Waals surface area contributed by atoms with E-state index in [1.54, 1.807) is 0 Å². The minimum atomic E-state index is -0.901. The summed E-state index contributed by atoms with van der Waals surface area (Å²) in [4.78, 5) is -0.184. The zero-order valence-corrected chi connectivity index (χ0v) is 36.0. The van der Waals surface area contributed by atoms with Gasteiger partial charge < -0.3 is 0 Å². The first-order chi connectivity index (χ1) is 13.4. The summed E-state index contributed by atoms with van der Waals surface area (Å²) in [7, 11) is 0. The van der Waals surface area contributed by atoms with Gasteiger partial charge in [0, 0.05) is 17.9 Å². The summed E-state index contributed by atoms with van der Waals surface area (Å²) in [5.74, 6) is 0. The molecule has 30 heavy (non-hydrogen) atoms. The van der Waals surface area contributed by atoms with Crippen molar-refractivity contribution in [1.29, 1.82) is 0 Å². The van der Waals surface area contributed by atoms with Crippen LogP contribution in [-0.4, -0.2) is 18.9 Å². The van der Waals surface area contributed by atoms with Crippen LogP contribution in [-0.2, 0) is 3.23 Å². The van der Waals surface area contributed by atoms with Crippen LogP contribution in [0.4, 0.5) is 0 Å². The Morgan fingerprint density at radius 1 is 0.700 bits per heavy atom. The van der Waals surface area contributed by atoms with E-state index in [4.69, 9.17) is 0 Å². The van der Waals surface area contributed by atoms with E-state index in [0.717, 1.165) is 23.5 Å². The Morgan fingerprint density at radius 2 is 1.17 bits per heavy atom. The van der Waals surface area contributed by atoms with E-state index in [0.29, 0.717) is 0 Å². The van der Waals surface area contributed by atoms with Crippen LogP contribution in [0, 0.1) is 0 Å². The van der Waals surface area contributed by atoms with E-state index in [2.05, 4.69) is 223 Å². The molecule has 0 aliphatic heterocycles. The van der Waals surface area contributed by atoms with Gasteiger partial charge in [-0.05, 0) is 37.4 Å². The summed E-state index contributed by atoms with van der Waals surface area (Å²) in [6.45, 7) is 0. The van der Waals surface area contributed by atoms with Crippen LogP contribution in [0.5, 0.6) is 0 Å². The van der Waals surface area contributed by atoms with Crippen molar-refractivity contribution >= 4 is 223 Å². The molecule has 1 aliphatic rings. The average molecular weight is 1320 g/mol. The Kier molecular flexibility index (Phi) is 11.9. The van der Waals surface area contributed by atoms with Gasteiger partial charge in [-0.2, -0.15) is 0 Å². The Balaban J connectivity index is 2.71. The van der Waals surface area contributed by atoms with Crippen molar-refractivity contribution in [2.24, 2.45) is 0 Å². The third-order valence-corrected chi connectivity index (χ3v) is 30.5. The molecule has 0 heterocycles. The molecule has 0 fully saturated rings. The van der Waals surface area contributed by atoms with E-state index < -0.39 is 17.3 Å². The van der Waals surface area contributed by atoms with Gasteiger partial charge in [0.2, 0.25) is 0 Å². The van der Waals surface area contributed by atoms with Crippen molar-refractivity contribution in [3.8, 4) is 0 Å². The molecule has 0 bridgehead atoms. The molecule has 1 aromatic rings. The lowest BCUT2D eigenvalue weighted by Gasteiger charge is -2.56. The molecule has 0 spiro atoms. The Labute approximate surface area is 293 Å². The van der Waals surface area contributed by atoms with Crippen LogP contribution < -0.4 is 0 Å². The second kappa shape index (κ2) is 11.3. The fourth-order valence-electron chi connectivity index (χ4n) is 2.51. The summed E-state index contributed by atoms with van der Waals surface area (Å²) in [5, 5.41) is 0. The maximum Gasteiger partial charge on any atom is 0.137 e. The van der Waals surface area contributed by atoms with Crippen molar-refractivity contribution in [3.05, 3.63) is 53.8 Å². The van der Waals surface area contributed by atoms with Gasteiger partial charge in [-0.25, -0.2) is 0 Å². The van der Waals surface area contributed by atoms with Crippen LogP contribution in [0.2, 0.25) is 0 Å². The van der Waals surface area contributed by atoms with Crippen molar-refractivity contribution < 1.29 is 0 Å². The fraction of sp³-hybridized carbons (Fsp3) is 0.375. The van der Waals surface area contributed by atoms with Gasteiger partial charge in [-0.1, -0.05) is 221 Å². The lowest BCUT2D eigenvalue weighted by Crippen LogP contribution is -2.64. The molecule has 1 aromatic carbocycles. The Hall–Kier alpha value is 5.42. The minimum Gasteiger partial charge on any atom is -0.0812 e. The van der Waals surface area contributed by atoms with Crippen molar-refractivity contribution in [1.82, 2.24) is 0 Å². The van der Waals surface area contributed by atoms with Gasteiger partial charge in [0.1, 0.15) is 17.3 Å². The molecule has 0 N–H and O–H groups in total. The Bertz CT molecular complexity index is 884. The third-order valence-electron chi connectivity index (χ3n) is 4.26. The highest BCUT2D eigenvalue weighted by Gasteiger charge is 2.73. The molecular weight excluding hydrogens is 1310 g/mol. The predicted molar refractivity (Wildman–Crippen MR) is 182 cm³/mol. The summed E-state index contributed by atoms with van der Waals surface area (Å²) in [6.07, 6.45) is 0. The van der Waals surface area contributed by atoms with Gasteiger partial charge in [0.05, 0.1) is 4.83 Å². The zero-order valence-electron chi connectivity index (χ0n) is 13.8. The van der Waals surface area contributed by atoms with E-state index in [1.165, 1.54) is 0 Å². The summed E-state index contributed by atoms with van der Waals surface area (Å²) in [6, 6.07) is 10.0. The van der Waals surface area contributed by atoms with E-state index in [9.17, 15) is 0 Å². The molecule has 0 amide bonds. The lowest BCUT2D eigenvalue weighted by molar-refractivity contribution is 0.579.